The van der Waals surface area contributed by atoms with Gasteiger partial charge < -0.3 is 16.2 Å². The minimum absolute atomic E-state index is 0.0131. The van der Waals surface area contributed by atoms with Crippen LogP contribution in [0.2, 0.25) is 0 Å². The van der Waals surface area contributed by atoms with Crippen LogP contribution in [0.3, 0.4) is 0 Å². The SMILES string of the molecule is C[C@H]1CCc2sc(C(=O)OCc3nc(N)nc(N)n3)cc2C1. The molecule has 1 atom stereocenters. The highest BCUT2D eigenvalue weighted by Crippen LogP contribution is 2.32. The molecule has 116 valence electrons. The number of hydrogen-bond acceptors (Lipinski definition) is 8. The van der Waals surface area contributed by atoms with E-state index in [-0.39, 0.29) is 30.3 Å². The standard InChI is InChI=1S/C14H17N5O2S/c1-7-2-3-9-8(4-7)5-10(22-9)12(20)21-6-11-17-13(15)19-14(16)18-11/h5,7H,2-4,6H2,1H3,(H4,15,16,17,18,19)/t7-/m0/s1. The van der Waals surface area contributed by atoms with Gasteiger partial charge in [-0.2, -0.15) is 15.0 Å². The maximum atomic E-state index is 12.1. The Morgan fingerprint density at radius 2 is 2.09 bits per heavy atom. The molecule has 7 nitrogen and oxygen atoms in total. The van der Waals surface area contributed by atoms with Gasteiger partial charge in [0.1, 0.15) is 4.88 Å². The lowest BCUT2D eigenvalue weighted by molar-refractivity contribution is 0.0468. The van der Waals surface area contributed by atoms with Crippen molar-refractivity contribution in [3.05, 3.63) is 27.2 Å². The van der Waals surface area contributed by atoms with E-state index in [1.54, 1.807) is 0 Å². The highest BCUT2D eigenvalue weighted by molar-refractivity contribution is 7.14. The van der Waals surface area contributed by atoms with Gasteiger partial charge in [0, 0.05) is 4.88 Å². The molecule has 0 unspecified atom stereocenters. The van der Waals surface area contributed by atoms with Crippen LogP contribution in [0.1, 0.15) is 39.3 Å². The number of nitrogens with zero attached hydrogens (tertiary/aromatic N) is 3. The molecule has 0 fully saturated rings. The minimum atomic E-state index is -0.371. The van der Waals surface area contributed by atoms with Gasteiger partial charge in [-0.3, -0.25) is 0 Å². The molecule has 0 aromatic carbocycles. The first-order valence-corrected chi connectivity index (χ1v) is 7.87. The van der Waals surface area contributed by atoms with Crippen LogP contribution in [0.25, 0.3) is 0 Å². The molecule has 0 saturated heterocycles. The van der Waals surface area contributed by atoms with E-state index in [4.69, 9.17) is 16.2 Å². The predicted octanol–water partition coefficient (Wildman–Crippen LogP) is 1.58. The molecule has 2 aromatic rings. The second-order valence-electron chi connectivity index (χ2n) is 5.45. The summed E-state index contributed by atoms with van der Waals surface area (Å²) in [5.74, 6) is 0.568. The van der Waals surface area contributed by atoms with Crippen LogP contribution < -0.4 is 11.5 Å². The summed E-state index contributed by atoms with van der Waals surface area (Å²) in [6.07, 6.45) is 3.24. The number of aromatic nitrogens is 3. The van der Waals surface area contributed by atoms with Crippen LogP contribution in [0.15, 0.2) is 6.07 Å². The number of anilines is 2. The zero-order valence-electron chi connectivity index (χ0n) is 12.2. The Kier molecular flexibility index (Phi) is 3.93. The van der Waals surface area contributed by atoms with Crippen molar-refractivity contribution in [2.75, 3.05) is 11.5 Å². The third kappa shape index (κ3) is 3.16. The van der Waals surface area contributed by atoms with Crippen LogP contribution in [0.5, 0.6) is 0 Å². The van der Waals surface area contributed by atoms with Crippen LogP contribution in [-0.2, 0) is 24.2 Å². The van der Waals surface area contributed by atoms with Gasteiger partial charge >= 0.3 is 5.97 Å². The molecule has 2 heterocycles. The lowest BCUT2D eigenvalue weighted by atomic mass is 9.90. The monoisotopic (exact) mass is 319 g/mol. The van der Waals surface area contributed by atoms with Crippen molar-refractivity contribution in [3.63, 3.8) is 0 Å². The molecule has 1 aliphatic carbocycles. The van der Waals surface area contributed by atoms with Gasteiger partial charge in [-0.15, -0.1) is 11.3 Å². The number of hydrogen-bond donors (Lipinski definition) is 2. The highest BCUT2D eigenvalue weighted by atomic mass is 32.1. The average Bonchev–Trinajstić information content (AvgIpc) is 2.86. The highest BCUT2D eigenvalue weighted by Gasteiger charge is 2.21. The Bertz CT molecular complexity index is 695. The van der Waals surface area contributed by atoms with E-state index in [0.29, 0.717) is 10.8 Å². The van der Waals surface area contributed by atoms with Gasteiger partial charge in [-0.05, 0) is 36.8 Å². The number of ether oxygens (including phenoxy) is 1. The molecule has 0 amide bonds. The van der Waals surface area contributed by atoms with Crippen LogP contribution in [0.4, 0.5) is 11.9 Å². The quantitative estimate of drug-likeness (QED) is 0.825. The third-order valence-electron chi connectivity index (χ3n) is 3.58. The Morgan fingerprint density at radius 3 is 2.82 bits per heavy atom. The van der Waals surface area contributed by atoms with Crippen LogP contribution in [-0.4, -0.2) is 20.9 Å². The lowest BCUT2D eigenvalue weighted by Crippen LogP contribution is -2.10. The number of fused-ring (bicyclic) bond motifs is 1. The maximum Gasteiger partial charge on any atom is 0.348 e. The molecular weight excluding hydrogens is 302 g/mol. The van der Waals surface area contributed by atoms with Gasteiger partial charge in [0.05, 0.1) is 0 Å². The first-order chi connectivity index (χ1) is 10.5. The van der Waals surface area contributed by atoms with Gasteiger partial charge in [0.15, 0.2) is 12.4 Å². The Morgan fingerprint density at radius 1 is 1.36 bits per heavy atom. The smallest absolute Gasteiger partial charge is 0.348 e. The Labute approximate surface area is 131 Å². The van der Waals surface area contributed by atoms with E-state index in [1.807, 2.05) is 6.07 Å². The topological polar surface area (TPSA) is 117 Å². The summed E-state index contributed by atoms with van der Waals surface area (Å²) < 4.78 is 5.24. The van der Waals surface area contributed by atoms with Crippen molar-refractivity contribution in [2.24, 2.45) is 5.92 Å². The van der Waals surface area contributed by atoms with E-state index in [0.717, 1.165) is 12.8 Å². The summed E-state index contributed by atoms with van der Waals surface area (Å²) in [6, 6.07) is 1.94. The summed E-state index contributed by atoms with van der Waals surface area (Å²) in [7, 11) is 0. The Balaban J connectivity index is 1.67. The summed E-state index contributed by atoms with van der Waals surface area (Å²) in [5.41, 5.74) is 12.2. The molecule has 0 bridgehead atoms. The predicted molar refractivity (Wildman–Crippen MR) is 83.3 cm³/mol. The molecule has 1 aliphatic rings. The van der Waals surface area contributed by atoms with Gasteiger partial charge in [-0.25, -0.2) is 4.79 Å². The number of carbonyl (C=O) groups is 1. The fraction of sp³-hybridized carbons (Fsp3) is 0.429. The Hall–Kier alpha value is -2.22. The van der Waals surface area contributed by atoms with Crippen molar-refractivity contribution in [3.8, 4) is 0 Å². The second kappa shape index (κ2) is 5.88. The molecule has 0 spiro atoms. The van der Waals surface area contributed by atoms with Crippen molar-refractivity contribution < 1.29 is 9.53 Å². The number of esters is 1. The van der Waals surface area contributed by atoms with Gasteiger partial charge in [0.25, 0.3) is 0 Å². The number of rotatable bonds is 3. The molecule has 4 N–H and O–H groups in total. The fourth-order valence-corrected chi connectivity index (χ4v) is 3.63. The summed E-state index contributed by atoms with van der Waals surface area (Å²) in [4.78, 5) is 25.5. The number of carbonyl (C=O) groups excluding carboxylic acids is 1. The minimum Gasteiger partial charge on any atom is -0.453 e. The van der Waals surface area contributed by atoms with Crippen molar-refractivity contribution in [2.45, 2.75) is 32.8 Å². The molecule has 8 heteroatoms. The van der Waals surface area contributed by atoms with Crippen LogP contribution in [0, 0.1) is 5.92 Å². The van der Waals surface area contributed by atoms with E-state index < -0.39 is 0 Å². The van der Waals surface area contributed by atoms with Crippen LogP contribution >= 0.6 is 11.3 Å². The van der Waals surface area contributed by atoms with Crippen molar-refractivity contribution in [1.82, 2.24) is 15.0 Å². The molecular formula is C14H17N5O2S. The average molecular weight is 319 g/mol. The molecule has 22 heavy (non-hydrogen) atoms. The van der Waals surface area contributed by atoms with E-state index >= 15 is 0 Å². The first kappa shape index (κ1) is 14.7. The molecule has 3 rings (SSSR count). The van der Waals surface area contributed by atoms with Gasteiger partial charge in [0.2, 0.25) is 11.9 Å². The van der Waals surface area contributed by atoms with E-state index in [1.165, 1.54) is 28.2 Å². The molecule has 0 aliphatic heterocycles. The molecule has 0 radical (unpaired) electrons. The normalized spacial score (nSPS) is 17.0. The van der Waals surface area contributed by atoms with E-state index in [2.05, 4.69) is 21.9 Å². The van der Waals surface area contributed by atoms with E-state index in [9.17, 15) is 4.79 Å². The van der Waals surface area contributed by atoms with Crippen molar-refractivity contribution >= 4 is 29.2 Å². The van der Waals surface area contributed by atoms with Crippen molar-refractivity contribution in [1.29, 1.82) is 0 Å². The molecule has 0 saturated carbocycles. The summed E-state index contributed by atoms with van der Waals surface area (Å²) in [6.45, 7) is 2.16. The number of thiophene rings is 1. The zero-order valence-corrected chi connectivity index (χ0v) is 13.0. The fourth-order valence-electron chi connectivity index (χ4n) is 2.53. The number of nitrogens with two attached hydrogens (primary N) is 2. The van der Waals surface area contributed by atoms with Gasteiger partial charge in [-0.1, -0.05) is 6.92 Å². The second-order valence-corrected chi connectivity index (χ2v) is 6.59. The first-order valence-electron chi connectivity index (χ1n) is 7.06. The summed E-state index contributed by atoms with van der Waals surface area (Å²) >= 11 is 1.51. The lowest BCUT2D eigenvalue weighted by Gasteiger charge is -2.16. The zero-order chi connectivity index (χ0) is 15.7. The third-order valence-corrected chi connectivity index (χ3v) is 4.80. The number of nitrogen functional groups attached to an aromatic ring is 2. The largest absolute Gasteiger partial charge is 0.453 e. The number of aryl methyl sites for hydroxylation is 1. The maximum absolute atomic E-state index is 12.1. The summed E-state index contributed by atoms with van der Waals surface area (Å²) in [5, 5.41) is 0. The molecule has 2 aromatic heterocycles.